The van der Waals surface area contributed by atoms with Crippen molar-refractivity contribution in [2.24, 2.45) is 0 Å². The molecule has 0 unspecified atom stereocenters. The number of carbonyl (C=O) groups excluding carboxylic acids is 1. The predicted molar refractivity (Wildman–Crippen MR) is 88.7 cm³/mol. The SMILES string of the molecule is O=C(N[C@H]1CC[C@@H](c2ccc(O)cc2O)CC1)c1ccccc1. The number of hydrogen-bond donors (Lipinski definition) is 3. The fraction of sp³-hybridized carbons (Fsp3) is 0.316. The summed E-state index contributed by atoms with van der Waals surface area (Å²) in [6.45, 7) is 0. The van der Waals surface area contributed by atoms with Gasteiger partial charge in [-0.25, -0.2) is 0 Å². The van der Waals surface area contributed by atoms with Crippen LogP contribution in [0.3, 0.4) is 0 Å². The fourth-order valence-corrected chi connectivity index (χ4v) is 3.28. The van der Waals surface area contributed by atoms with Crippen LogP contribution in [-0.2, 0) is 0 Å². The number of amides is 1. The number of rotatable bonds is 3. The zero-order valence-corrected chi connectivity index (χ0v) is 12.9. The van der Waals surface area contributed by atoms with E-state index in [1.807, 2.05) is 30.3 Å². The second-order valence-electron chi connectivity index (χ2n) is 6.13. The van der Waals surface area contributed by atoms with E-state index in [1.54, 1.807) is 12.1 Å². The molecule has 0 aliphatic heterocycles. The highest BCUT2D eigenvalue weighted by Gasteiger charge is 2.25. The van der Waals surface area contributed by atoms with Gasteiger partial charge in [0.2, 0.25) is 0 Å². The van der Waals surface area contributed by atoms with Gasteiger partial charge in [0.05, 0.1) is 0 Å². The minimum absolute atomic E-state index is 0.0264. The minimum atomic E-state index is -0.0264. The molecule has 0 heterocycles. The number of phenols is 2. The fourth-order valence-electron chi connectivity index (χ4n) is 3.28. The molecule has 2 aromatic carbocycles. The largest absolute Gasteiger partial charge is 0.508 e. The molecule has 4 heteroatoms. The van der Waals surface area contributed by atoms with Gasteiger partial charge in [0, 0.05) is 17.7 Å². The Morgan fingerprint density at radius 2 is 1.65 bits per heavy atom. The van der Waals surface area contributed by atoms with E-state index in [1.165, 1.54) is 6.07 Å². The standard InChI is InChI=1S/C19H21NO3/c21-16-10-11-17(18(22)12-16)13-6-8-15(9-7-13)20-19(23)14-4-2-1-3-5-14/h1-5,10-13,15,21-22H,6-9H2,(H,20,23)/t13-,15+. The van der Waals surface area contributed by atoms with Crippen molar-refractivity contribution < 1.29 is 15.0 Å². The molecule has 4 nitrogen and oxygen atoms in total. The number of carbonyl (C=O) groups is 1. The van der Waals surface area contributed by atoms with Gasteiger partial charge in [-0.15, -0.1) is 0 Å². The Labute approximate surface area is 135 Å². The molecule has 1 aliphatic rings. The van der Waals surface area contributed by atoms with Crippen molar-refractivity contribution in [1.29, 1.82) is 0 Å². The lowest BCUT2D eigenvalue weighted by Crippen LogP contribution is -2.37. The Morgan fingerprint density at radius 1 is 0.957 bits per heavy atom. The predicted octanol–water partition coefficient (Wildman–Crippen LogP) is 3.55. The topological polar surface area (TPSA) is 69.6 Å². The number of phenolic OH excluding ortho intramolecular Hbond substituents is 2. The monoisotopic (exact) mass is 311 g/mol. The van der Waals surface area contributed by atoms with Crippen LogP contribution in [0.5, 0.6) is 11.5 Å². The zero-order valence-electron chi connectivity index (χ0n) is 12.9. The highest BCUT2D eigenvalue weighted by molar-refractivity contribution is 5.94. The first kappa shape index (κ1) is 15.4. The smallest absolute Gasteiger partial charge is 0.251 e. The average Bonchev–Trinajstić information content (AvgIpc) is 2.57. The lowest BCUT2D eigenvalue weighted by molar-refractivity contribution is 0.0925. The first-order valence-electron chi connectivity index (χ1n) is 8.01. The summed E-state index contributed by atoms with van der Waals surface area (Å²) in [6.07, 6.45) is 3.61. The molecule has 1 aliphatic carbocycles. The number of nitrogens with one attached hydrogen (secondary N) is 1. The van der Waals surface area contributed by atoms with Crippen LogP contribution in [0.4, 0.5) is 0 Å². The molecule has 0 bridgehead atoms. The minimum Gasteiger partial charge on any atom is -0.508 e. The second-order valence-corrected chi connectivity index (χ2v) is 6.13. The summed E-state index contributed by atoms with van der Waals surface area (Å²) in [5.74, 6) is 0.485. The molecule has 0 spiro atoms. The van der Waals surface area contributed by atoms with E-state index in [0.717, 1.165) is 31.2 Å². The number of hydrogen-bond acceptors (Lipinski definition) is 3. The van der Waals surface area contributed by atoms with Crippen LogP contribution in [-0.4, -0.2) is 22.2 Å². The van der Waals surface area contributed by atoms with Gasteiger partial charge >= 0.3 is 0 Å². The van der Waals surface area contributed by atoms with Crippen molar-refractivity contribution in [2.45, 2.75) is 37.6 Å². The molecule has 3 N–H and O–H groups in total. The quantitative estimate of drug-likeness (QED) is 0.812. The molecule has 0 radical (unpaired) electrons. The molecule has 2 aromatic rings. The van der Waals surface area contributed by atoms with Crippen LogP contribution in [0.15, 0.2) is 48.5 Å². The van der Waals surface area contributed by atoms with Crippen LogP contribution in [0.25, 0.3) is 0 Å². The molecule has 120 valence electrons. The molecule has 23 heavy (non-hydrogen) atoms. The molecular weight excluding hydrogens is 290 g/mol. The highest BCUT2D eigenvalue weighted by atomic mass is 16.3. The van der Waals surface area contributed by atoms with E-state index in [4.69, 9.17) is 0 Å². The molecule has 0 atom stereocenters. The number of aromatic hydroxyl groups is 2. The van der Waals surface area contributed by atoms with Gasteiger partial charge in [-0.1, -0.05) is 24.3 Å². The van der Waals surface area contributed by atoms with Crippen LogP contribution in [0, 0.1) is 0 Å². The Balaban J connectivity index is 1.57. The van der Waals surface area contributed by atoms with Gasteiger partial charge in [0.1, 0.15) is 11.5 Å². The van der Waals surface area contributed by atoms with Gasteiger partial charge < -0.3 is 15.5 Å². The van der Waals surface area contributed by atoms with Gasteiger partial charge in [-0.2, -0.15) is 0 Å². The summed E-state index contributed by atoms with van der Waals surface area (Å²) in [5, 5.41) is 22.4. The van der Waals surface area contributed by atoms with Gasteiger partial charge in [0.25, 0.3) is 5.91 Å². The van der Waals surface area contributed by atoms with Gasteiger partial charge in [-0.05, 0) is 55.4 Å². The van der Waals surface area contributed by atoms with Crippen LogP contribution < -0.4 is 5.32 Å². The van der Waals surface area contributed by atoms with E-state index in [-0.39, 0.29) is 29.4 Å². The van der Waals surface area contributed by atoms with Crippen molar-refractivity contribution in [3.8, 4) is 11.5 Å². The summed E-state index contributed by atoms with van der Waals surface area (Å²) >= 11 is 0. The summed E-state index contributed by atoms with van der Waals surface area (Å²) in [5.41, 5.74) is 1.57. The van der Waals surface area contributed by atoms with E-state index in [0.29, 0.717) is 5.56 Å². The van der Waals surface area contributed by atoms with Crippen molar-refractivity contribution in [2.75, 3.05) is 0 Å². The lowest BCUT2D eigenvalue weighted by atomic mass is 9.81. The normalized spacial score (nSPS) is 20.9. The van der Waals surface area contributed by atoms with Crippen molar-refractivity contribution in [3.63, 3.8) is 0 Å². The summed E-state index contributed by atoms with van der Waals surface area (Å²) < 4.78 is 0. The first-order valence-corrected chi connectivity index (χ1v) is 8.01. The maximum Gasteiger partial charge on any atom is 0.251 e. The first-order chi connectivity index (χ1) is 11.1. The van der Waals surface area contributed by atoms with Crippen LogP contribution in [0.2, 0.25) is 0 Å². The van der Waals surface area contributed by atoms with Gasteiger partial charge in [-0.3, -0.25) is 4.79 Å². The van der Waals surface area contributed by atoms with E-state index < -0.39 is 0 Å². The molecule has 0 aromatic heterocycles. The highest BCUT2D eigenvalue weighted by Crippen LogP contribution is 2.38. The molecule has 1 saturated carbocycles. The lowest BCUT2D eigenvalue weighted by Gasteiger charge is -2.29. The van der Waals surface area contributed by atoms with E-state index >= 15 is 0 Å². The molecular formula is C19H21NO3. The van der Waals surface area contributed by atoms with E-state index in [2.05, 4.69) is 5.32 Å². The number of benzene rings is 2. The third-order valence-corrected chi connectivity index (χ3v) is 4.55. The zero-order chi connectivity index (χ0) is 16.2. The van der Waals surface area contributed by atoms with Crippen molar-refractivity contribution in [1.82, 2.24) is 5.32 Å². The molecule has 3 rings (SSSR count). The van der Waals surface area contributed by atoms with Crippen LogP contribution >= 0.6 is 0 Å². The Kier molecular flexibility index (Phi) is 4.51. The molecule has 1 fully saturated rings. The Hall–Kier alpha value is -2.49. The van der Waals surface area contributed by atoms with Gasteiger partial charge in [0.15, 0.2) is 0 Å². The summed E-state index contributed by atoms with van der Waals surface area (Å²) in [7, 11) is 0. The molecule has 1 amide bonds. The average molecular weight is 311 g/mol. The Bertz CT molecular complexity index is 676. The maximum atomic E-state index is 12.2. The summed E-state index contributed by atoms with van der Waals surface area (Å²) in [4.78, 5) is 12.2. The van der Waals surface area contributed by atoms with Crippen molar-refractivity contribution >= 4 is 5.91 Å². The van der Waals surface area contributed by atoms with Crippen LogP contribution in [0.1, 0.15) is 47.5 Å². The Morgan fingerprint density at radius 3 is 2.30 bits per heavy atom. The maximum absolute atomic E-state index is 12.2. The molecule has 0 saturated heterocycles. The van der Waals surface area contributed by atoms with Crippen molar-refractivity contribution in [3.05, 3.63) is 59.7 Å². The third kappa shape index (κ3) is 3.65. The second kappa shape index (κ2) is 6.73. The third-order valence-electron chi connectivity index (χ3n) is 4.55. The summed E-state index contributed by atoms with van der Waals surface area (Å²) in [6, 6.07) is 14.2. The van der Waals surface area contributed by atoms with E-state index in [9.17, 15) is 15.0 Å².